The van der Waals surface area contributed by atoms with E-state index in [1.807, 2.05) is 45.9 Å². The van der Waals surface area contributed by atoms with Crippen LogP contribution in [0.4, 0.5) is 5.69 Å². The Labute approximate surface area is 113 Å². The van der Waals surface area contributed by atoms with Crippen molar-refractivity contribution in [2.24, 2.45) is 0 Å². The molecule has 2 heterocycles. The van der Waals surface area contributed by atoms with Crippen LogP contribution in [-0.2, 0) is 20.5 Å². The van der Waals surface area contributed by atoms with E-state index >= 15 is 0 Å². The molecular formula is C14H18BNO3. The summed E-state index contributed by atoms with van der Waals surface area (Å²) in [6, 6.07) is 5.86. The highest BCUT2D eigenvalue weighted by atomic mass is 16.7. The minimum absolute atomic E-state index is 0.0268. The fourth-order valence-corrected chi connectivity index (χ4v) is 2.44. The van der Waals surface area contributed by atoms with Crippen molar-refractivity contribution in [3.63, 3.8) is 0 Å². The lowest BCUT2D eigenvalue weighted by Gasteiger charge is -2.32. The van der Waals surface area contributed by atoms with Gasteiger partial charge < -0.3 is 14.6 Å². The molecule has 0 unspecified atom stereocenters. The molecule has 1 fully saturated rings. The second-order valence-electron chi connectivity index (χ2n) is 6.19. The molecule has 0 aliphatic carbocycles. The Hall–Kier alpha value is -1.33. The minimum atomic E-state index is -0.432. The molecule has 19 heavy (non-hydrogen) atoms. The molecule has 1 saturated heterocycles. The molecule has 2 aliphatic rings. The zero-order valence-electron chi connectivity index (χ0n) is 11.7. The van der Waals surface area contributed by atoms with Crippen molar-refractivity contribution in [2.45, 2.75) is 45.3 Å². The number of hydrogen-bond acceptors (Lipinski definition) is 3. The van der Waals surface area contributed by atoms with Crippen molar-refractivity contribution in [1.82, 2.24) is 0 Å². The van der Waals surface area contributed by atoms with Crippen molar-refractivity contribution in [3.05, 3.63) is 23.8 Å². The van der Waals surface area contributed by atoms with Crippen LogP contribution in [0.3, 0.4) is 0 Å². The van der Waals surface area contributed by atoms with Gasteiger partial charge >= 0.3 is 7.12 Å². The zero-order chi connectivity index (χ0) is 13.8. The maximum absolute atomic E-state index is 11.5. The van der Waals surface area contributed by atoms with Crippen LogP contribution >= 0.6 is 0 Å². The van der Waals surface area contributed by atoms with E-state index in [4.69, 9.17) is 9.31 Å². The summed E-state index contributed by atoms with van der Waals surface area (Å²) in [7, 11) is -0.432. The Morgan fingerprint density at radius 2 is 1.79 bits per heavy atom. The number of hydrogen-bond donors (Lipinski definition) is 1. The first kappa shape index (κ1) is 12.7. The molecule has 0 aromatic heterocycles. The Balaban J connectivity index is 1.98. The number of nitrogens with one attached hydrogen (secondary N) is 1. The molecule has 0 radical (unpaired) electrons. The molecule has 0 spiro atoms. The van der Waals surface area contributed by atoms with Gasteiger partial charge in [0.15, 0.2) is 0 Å². The average molecular weight is 259 g/mol. The lowest BCUT2D eigenvalue weighted by atomic mass is 9.77. The van der Waals surface area contributed by atoms with Gasteiger partial charge in [0, 0.05) is 11.2 Å². The molecule has 100 valence electrons. The second-order valence-corrected chi connectivity index (χ2v) is 6.19. The van der Waals surface area contributed by atoms with Crippen LogP contribution in [0.1, 0.15) is 33.3 Å². The van der Waals surface area contributed by atoms with Crippen LogP contribution in [0.25, 0.3) is 0 Å². The summed E-state index contributed by atoms with van der Waals surface area (Å²) >= 11 is 0. The average Bonchev–Trinajstić information content (AvgIpc) is 2.75. The number of amides is 1. The summed E-state index contributed by atoms with van der Waals surface area (Å²) in [5.74, 6) is 0.0268. The first-order valence-corrected chi connectivity index (χ1v) is 6.57. The Morgan fingerprint density at radius 3 is 2.42 bits per heavy atom. The largest absolute Gasteiger partial charge is 0.496 e. The highest BCUT2D eigenvalue weighted by Gasteiger charge is 2.52. The third kappa shape index (κ3) is 1.88. The molecule has 1 amide bonds. The number of carbonyl (C=O) groups excluding carboxylic acids is 1. The van der Waals surface area contributed by atoms with Crippen molar-refractivity contribution in [1.29, 1.82) is 0 Å². The number of benzene rings is 1. The van der Waals surface area contributed by atoms with Gasteiger partial charge in [0.25, 0.3) is 0 Å². The van der Waals surface area contributed by atoms with Crippen molar-refractivity contribution in [2.75, 3.05) is 5.32 Å². The van der Waals surface area contributed by atoms with Crippen molar-refractivity contribution < 1.29 is 14.1 Å². The molecule has 0 atom stereocenters. The summed E-state index contributed by atoms with van der Waals surface area (Å²) in [5, 5.41) is 2.90. The molecule has 1 N–H and O–H groups in total. The molecule has 2 aliphatic heterocycles. The monoisotopic (exact) mass is 259 g/mol. The van der Waals surface area contributed by atoms with Crippen LogP contribution in [0.2, 0.25) is 0 Å². The van der Waals surface area contributed by atoms with Crippen LogP contribution in [0.15, 0.2) is 18.2 Å². The Bertz CT molecular complexity index is 538. The first-order valence-electron chi connectivity index (χ1n) is 6.57. The Kier molecular flexibility index (Phi) is 2.56. The standard InChI is InChI=1S/C14H18BNO3/c1-13(2)14(3,4)19-15(18-13)10-7-5-6-9-8-11(17)16-12(9)10/h5-7H,8H2,1-4H3,(H,16,17). The molecular weight excluding hydrogens is 241 g/mol. The van der Waals surface area contributed by atoms with Gasteiger partial charge in [-0.3, -0.25) is 4.79 Å². The number of anilines is 1. The van der Waals surface area contributed by atoms with E-state index in [9.17, 15) is 4.79 Å². The topological polar surface area (TPSA) is 47.6 Å². The fraction of sp³-hybridized carbons (Fsp3) is 0.500. The van der Waals surface area contributed by atoms with E-state index in [1.165, 1.54) is 0 Å². The summed E-state index contributed by atoms with van der Waals surface area (Å²) < 4.78 is 12.1. The van der Waals surface area contributed by atoms with Crippen LogP contribution in [0.5, 0.6) is 0 Å². The summed E-state index contributed by atoms with van der Waals surface area (Å²) in [5.41, 5.74) is 2.02. The summed E-state index contributed by atoms with van der Waals surface area (Å²) in [6.07, 6.45) is 0.433. The van der Waals surface area contributed by atoms with Gasteiger partial charge in [-0.25, -0.2) is 0 Å². The Morgan fingerprint density at radius 1 is 1.16 bits per heavy atom. The maximum atomic E-state index is 11.5. The van der Waals surface area contributed by atoms with E-state index in [0.29, 0.717) is 6.42 Å². The predicted molar refractivity (Wildman–Crippen MR) is 74.5 cm³/mol. The lowest BCUT2D eigenvalue weighted by molar-refractivity contribution is -0.115. The molecule has 4 nitrogen and oxygen atoms in total. The molecule has 0 bridgehead atoms. The van der Waals surface area contributed by atoms with Crippen LogP contribution in [0, 0.1) is 0 Å². The number of para-hydroxylation sites is 1. The SMILES string of the molecule is CC1(C)OB(c2cccc3c2NC(=O)C3)OC1(C)C. The normalized spacial score (nSPS) is 23.4. The zero-order valence-corrected chi connectivity index (χ0v) is 11.7. The van der Waals surface area contributed by atoms with Crippen LogP contribution in [-0.4, -0.2) is 24.2 Å². The van der Waals surface area contributed by atoms with Crippen molar-refractivity contribution in [3.8, 4) is 0 Å². The predicted octanol–water partition coefficient (Wildman–Crippen LogP) is 1.48. The third-order valence-electron chi connectivity index (χ3n) is 4.31. The van der Waals surface area contributed by atoms with Crippen molar-refractivity contribution >= 4 is 24.2 Å². The second kappa shape index (κ2) is 3.84. The smallest absolute Gasteiger partial charge is 0.399 e. The van der Waals surface area contributed by atoms with Gasteiger partial charge in [0.05, 0.1) is 17.6 Å². The summed E-state index contributed by atoms with van der Waals surface area (Å²) in [4.78, 5) is 11.5. The highest BCUT2D eigenvalue weighted by molar-refractivity contribution is 6.64. The fourth-order valence-electron chi connectivity index (χ4n) is 2.44. The van der Waals surface area contributed by atoms with Gasteiger partial charge in [0.1, 0.15) is 0 Å². The third-order valence-corrected chi connectivity index (χ3v) is 4.31. The molecule has 3 rings (SSSR count). The number of fused-ring (bicyclic) bond motifs is 1. The quantitative estimate of drug-likeness (QED) is 0.777. The van der Waals surface area contributed by atoms with Gasteiger partial charge in [-0.15, -0.1) is 0 Å². The highest BCUT2D eigenvalue weighted by Crippen LogP contribution is 2.37. The minimum Gasteiger partial charge on any atom is -0.399 e. The lowest BCUT2D eigenvalue weighted by Crippen LogP contribution is -2.41. The van der Waals surface area contributed by atoms with Gasteiger partial charge in [0.2, 0.25) is 5.91 Å². The van der Waals surface area contributed by atoms with E-state index in [1.54, 1.807) is 0 Å². The van der Waals surface area contributed by atoms with Gasteiger partial charge in [-0.05, 0) is 33.3 Å². The van der Waals surface area contributed by atoms with E-state index in [0.717, 1.165) is 16.7 Å². The first-order chi connectivity index (χ1) is 8.80. The van der Waals surface area contributed by atoms with E-state index < -0.39 is 7.12 Å². The summed E-state index contributed by atoms with van der Waals surface area (Å²) in [6.45, 7) is 8.09. The maximum Gasteiger partial charge on any atom is 0.496 e. The van der Waals surface area contributed by atoms with E-state index in [2.05, 4.69) is 5.32 Å². The van der Waals surface area contributed by atoms with Crippen LogP contribution < -0.4 is 10.8 Å². The molecule has 5 heteroatoms. The molecule has 1 aromatic carbocycles. The van der Waals surface area contributed by atoms with Gasteiger partial charge in [-0.1, -0.05) is 18.2 Å². The molecule has 0 saturated carbocycles. The van der Waals surface area contributed by atoms with Gasteiger partial charge in [-0.2, -0.15) is 0 Å². The number of rotatable bonds is 1. The number of carbonyl (C=O) groups is 1. The van der Waals surface area contributed by atoms with E-state index in [-0.39, 0.29) is 17.1 Å². The molecule has 1 aromatic rings.